The van der Waals surface area contributed by atoms with E-state index in [1.165, 1.54) is 16.7 Å². The number of hydrogen-bond donors (Lipinski definition) is 0. The van der Waals surface area contributed by atoms with E-state index in [-0.39, 0.29) is 10.9 Å². The molecule has 34 heavy (non-hydrogen) atoms. The zero-order chi connectivity index (χ0) is 24.5. The molecule has 0 amide bonds. The van der Waals surface area contributed by atoms with Crippen LogP contribution in [-0.2, 0) is 9.84 Å². The molecule has 0 bridgehead atoms. The summed E-state index contributed by atoms with van der Waals surface area (Å²) in [6.45, 7) is 3.59. The molecule has 7 heteroatoms. The smallest absolute Gasteiger partial charge is 0.288 e. The highest BCUT2D eigenvalue weighted by Gasteiger charge is 2.23. The summed E-state index contributed by atoms with van der Waals surface area (Å²) >= 11 is 0. The van der Waals surface area contributed by atoms with Gasteiger partial charge >= 0.3 is 5.69 Å². The first-order chi connectivity index (χ1) is 16.2. The van der Waals surface area contributed by atoms with Gasteiger partial charge in [-0.2, -0.15) is 0 Å². The van der Waals surface area contributed by atoms with Crippen molar-refractivity contribution in [2.75, 3.05) is 6.26 Å². The number of nitrogens with zero attached hydrogens (tertiary/aromatic N) is 2. The molecule has 0 fully saturated rings. The fourth-order valence-corrected chi connectivity index (χ4v) is 4.73. The van der Waals surface area contributed by atoms with Gasteiger partial charge in [-0.25, -0.2) is 13.2 Å². The van der Waals surface area contributed by atoms with E-state index in [4.69, 9.17) is 0 Å². The van der Waals surface area contributed by atoms with Gasteiger partial charge in [-0.3, -0.25) is 13.9 Å². The van der Waals surface area contributed by atoms with E-state index in [0.29, 0.717) is 11.1 Å². The molecular formula is C27H26N2O4S. The second kappa shape index (κ2) is 9.27. The molecule has 0 aliphatic rings. The molecule has 4 rings (SSSR count). The first-order valence-corrected chi connectivity index (χ1v) is 12.9. The van der Waals surface area contributed by atoms with Crippen molar-refractivity contribution in [1.29, 1.82) is 0 Å². The van der Waals surface area contributed by atoms with Gasteiger partial charge in [0.05, 0.1) is 16.5 Å². The van der Waals surface area contributed by atoms with Gasteiger partial charge in [0.15, 0.2) is 9.84 Å². The molecule has 0 saturated heterocycles. The summed E-state index contributed by atoms with van der Waals surface area (Å²) < 4.78 is 26.6. The first-order valence-electron chi connectivity index (χ1n) is 11.0. The minimum atomic E-state index is -3.37. The monoisotopic (exact) mass is 474 g/mol. The maximum absolute atomic E-state index is 13.6. The van der Waals surface area contributed by atoms with E-state index in [1.807, 2.05) is 60.7 Å². The summed E-state index contributed by atoms with van der Waals surface area (Å²) in [5.74, 6) is 0. The number of aromatic nitrogens is 2. The topological polar surface area (TPSA) is 78.1 Å². The molecule has 0 spiro atoms. The summed E-state index contributed by atoms with van der Waals surface area (Å²) in [6, 6.07) is 24.7. The van der Waals surface area contributed by atoms with Crippen molar-refractivity contribution in [3.05, 3.63) is 123 Å². The van der Waals surface area contributed by atoms with Gasteiger partial charge in [0.2, 0.25) is 0 Å². The standard InChI is InChI=1S/C27H26N2O4S/c1-19(2)29-26(30)24(20-14-16-23(17-15-20)34(3,32)33)18-28(27(29)31)25(21-10-6-4-7-11-21)22-12-8-5-9-13-22/h4-19,25H,1-3H3. The minimum Gasteiger partial charge on any atom is -0.288 e. The summed E-state index contributed by atoms with van der Waals surface area (Å²) in [6.07, 6.45) is 2.72. The van der Waals surface area contributed by atoms with E-state index < -0.39 is 27.1 Å². The van der Waals surface area contributed by atoms with E-state index >= 15 is 0 Å². The Labute approximate surface area is 198 Å². The van der Waals surface area contributed by atoms with Crippen molar-refractivity contribution in [2.45, 2.75) is 30.8 Å². The Morgan fingerprint density at radius 1 is 0.735 bits per heavy atom. The molecule has 4 aromatic rings. The van der Waals surface area contributed by atoms with Crippen LogP contribution in [0.15, 0.2) is 106 Å². The molecule has 0 atom stereocenters. The Kier molecular flexibility index (Phi) is 6.39. The molecular weight excluding hydrogens is 448 g/mol. The molecule has 0 aliphatic carbocycles. The van der Waals surface area contributed by atoms with E-state index in [0.717, 1.165) is 17.4 Å². The average Bonchev–Trinajstić information content (AvgIpc) is 2.81. The van der Waals surface area contributed by atoms with Crippen molar-refractivity contribution in [3.8, 4) is 11.1 Å². The van der Waals surface area contributed by atoms with Gasteiger partial charge in [0.1, 0.15) is 0 Å². The fraction of sp³-hybridized carbons (Fsp3) is 0.185. The number of sulfone groups is 1. The predicted octanol–water partition coefficient (Wildman–Crippen LogP) is 4.30. The zero-order valence-corrected chi connectivity index (χ0v) is 20.1. The highest BCUT2D eigenvalue weighted by Crippen LogP contribution is 2.27. The van der Waals surface area contributed by atoms with Crippen LogP contribution < -0.4 is 11.2 Å². The van der Waals surface area contributed by atoms with Gasteiger partial charge in [0, 0.05) is 18.5 Å². The van der Waals surface area contributed by atoms with Crippen molar-refractivity contribution in [3.63, 3.8) is 0 Å². The summed E-state index contributed by atoms with van der Waals surface area (Å²) in [7, 11) is -3.37. The lowest BCUT2D eigenvalue weighted by atomic mass is 9.98. The van der Waals surface area contributed by atoms with Crippen LogP contribution in [0.25, 0.3) is 11.1 Å². The molecule has 1 heterocycles. The number of hydrogen-bond acceptors (Lipinski definition) is 4. The van der Waals surface area contributed by atoms with Crippen LogP contribution in [0.1, 0.15) is 37.1 Å². The summed E-state index contributed by atoms with van der Waals surface area (Å²) in [5.41, 5.74) is 1.86. The van der Waals surface area contributed by atoms with Crippen LogP contribution in [-0.4, -0.2) is 23.8 Å². The number of benzene rings is 3. The zero-order valence-electron chi connectivity index (χ0n) is 19.3. The highest BCUT2D eigenvalue weighted by molar-refractivity contribution is 7.90. The third-order valence-corrected chi connectivity index (χ3v) is 6.89. The molecule has 0 radical (unpaired) electrons. The van der Waals surface area contributed by atoms with Crippen LogP contribution in [0.3, 0.4) is 0 Å². The SMILES string of the molecule is CC(C)n1c(=O)c(-c2ccc(S(C)(=O)=O)cc2)cn(C(c2ccccc2)c2ccccc2)c1=O. The predicted molar refractivity (Wildman–Crippen MR) is 134 cm³/mol. The van der Waals surface area contributed by atoms with Gasteiger partial charge in [-0.15, -0.1) is 0 Å². The quantitative estimate of drug-likeness (QED) is 0.417. The third-order valence-electron chi connectivity index (χ3n) is 5.76. The average molecular weight is 475 g/mol. The molecule has 174 valence electrons. The Morgan fingerprint density at radius 2 is 1.24 bits per heavy atom. The lowest BCUT2D eigenvalue weighted by Gasteiger charge is -2.24. The lowest BCUT2D eigenvalue weighted by Crippen LogP contribution is -2.43. The Hall–Kier alpha value is -3.71. The molecule has 6 nitrogen and oxygen atoms in total. The summed E-state index contributed by atoms with van der Waals surface area (Å²) in [4.78, 5) is 27.2. The normalized spacial score (nSPS) is 11.8. The third kappa shape index (κ3) is 4.52. The molecule has 1 aromatic heterocycles. The first kappa shape index (κ1) is 23.4. The van der Waals surface area contributed by atoms with Gasteiger partial charge < -0.3 is 0 Å². The minimum absolute atomic E-state index is 0.167. The van der Waals surface area contributed by atoms with Gasteiger partial charge in [-0.05, 0) is 42.7 Å². The van der Waals surface area contributed by atoms with Crippen molar-refractivity contribution >= 4 is 9.84 Å². The number of rotatable bonds is 6. The van der Waals surface area contributed by atoms with Crippen molar-refractivity contribution in [1.82, 2.24) is 9.13 Å². The fourth-order valence-electron chi connectivity index (χ4n) is 4.09. The molecule has 0 unspecified atom stereocenters. The lowest BCUT2D eigenvalue weighted by molar-refractivity contribution is 0.496. The largest absolute Gasteiger partial charge is 0.332 e. The molecule has 3 aromatic carbocycles. The van der Waals surface area contributed by atoms with Gasteiger partial charge in [-0.1, -0.05) is 72.8 Å². The maximum Gasteiger partial charge on any atom is 0.332 e. The molecule has 0 N–H and O–H groups in total. The van der Waals surface area contributed by atoms with Gasteiger partial charge in [0.25, 0.3) is 5.56 Å². The van der Waals surface area contributed by atoms with Crippen molar-refractivity contribution < 1.29 is 8.42 Å². The summed E-state index contributed by atoms with van der Waals surface area (Å²) in [5, 5.41) is 0. The van der Waals surface area contributed by atoms with E-state index in [9.17, 15) is 18.0 Å². The Balaban J connectivity index is 2.02. The van der Waals surface area contributed by atoms with Crippen molar-refractivity contribution in [2.24, 2.45) is 0 Å². The highest BCUT2D eigenvalue weighted by atomic mass is 32.2. The van der Waals surface area contributed by atoms with Crippen LogP contribution in [0.5, 0.6) is 0 Å². The van der Waals surface area contributed by atoms with Crippen LogP contribution in [0.2, 0.25) is 0 Å². The Bertz CT molecular complexity index is 1480. The Morgan fingerprint density at radius 3 is 1.68 bits per heavy atom. The molecule has 0 aliphatic heterocycles. The second-order valence-electron chi connectivity index (χ2n) is 8.52. The van der Waals surface area contributed by atoms with Crippen LogP contribution in [0, 0.1) is 0 Å². The second-order valence-corrected chi connectivity index (χ2v) is 10.5. The van der Waals surface area contributed by atoms with E-state index in [1.54, 1.807) is 36.7 Å². The van der Waals surface area contributed by atoms with E-state index in [2.05, 4.69) is 0 Å². The van der Waals surface area contributed by atoms with Crippen LogP contribution >= 0.6 is 0 Å². The van der Waals surface area contributed by atoms with Crippen LogP contribution in [0.4, 0.5) is 0 Å². The molecule has 0 saturated carbocycles. The maximum atomic E-state index is 13.6.